The summed E-state index contributed by atoms with van der Waals surface area (Å²) in [5, 5.41) is 11.0. The lowest BCUT2D eigenvalue weighted by molar-refractivity contribution is 0.669. The Kier molecular flexibility index (Phi) is 5.60. The number of rotatable bonds is 3. The van der Waals surface area contributed by atoms with Gasteiger partial charge in [-0.1, -0.05) is 121 Å². The minimum Gasteiger partial charge on any atom is -0.456 e. The summed E-state index contributed by atoms with van der Waals surface area (Å²) in [7, 11) is 0. The standard InChI is InChI=1S/C45H25N3O2/c1-2-11-27-24-28(21-20-26(27)10-1)43-46-44(48-45(47-43)35-16-9-19-39-40(35)33-14-5-7-17-37(33)49-39)29-22-23-31-36(25-29)30-12-3-4-13-32(30)42-41(31)34-15-6-8-18-38(34)50-42/h1-25H. The molecule has 0 saturated heterocycles. The van der Waals surface area contributed by atoms with Gasteiger partial charge in [0.1, 0.15) is 22.3 Å². The smallest absolute Gasteiger partial charge is 0.164 e. The molecule has 50 heavy (non-hydrogen) atoms. The monoisotopic (exact) mass is 639 g/mol. The van der Waals surface area contributed by atoms with E-state index in [1.807, 2.05) is 42.5 Å². The lowest BCUT2D eigenvalue weighted by Crippen LogP contribution is -2.00. The molecule has 0 saturated carbocycles. The predicted molar refractivity (Wildman–Crippen MR) is 203 cm³/mol. The number of hydrogen-bond donors (Lipinski definition) is 0. The first-order valence-corrected chi connectivity index (χ1v) is 16.7. The number of fused-ring (bicyclic) bond motifs is 12. The lowest BCUT2D eigenvalue weighted by atomic mass is 9.95. The van der Waals surface area contributed by atoms with Crippen molar-refractivity contribution in [2.75, 3.05) is 0 Å². The normalized spacial score (nSPS) is 12.0. The number of aromatic nitrogens is 3. The molecule has 0 spiro atoms. The molecule has 11 aromatic rings. The molecule has 0 fully saturated rings. The molecular formula is C45H25N3O2. The highest BCUT2D eigenvalue weighted by molar-refractivity contribution is 6.30. The van der Waals surface area contributed by atoms with Crippen molar-refractivity contribution in [3.63, 3.8) is 0 Å². The van der Waals surface area contributed by atoms with Gasteiger partial charge < -0.3 is 8.83 Å². The fourth-order valence-electron chi connectivity index (χ4n) is 7.59. The third-order valence-electron chi connectivity index (χ3n) is 9.89. The maximum absolute atomic E-state index is 6.47. The van der Waals surface area contributed by atoms with Gasteiger partial charge in [-0.3, -0.25) is 0 Å². The number of furan rings is 2. The topological polar surface area (TPSA) is 65.0 Å². The molecule has 11 rings (SSSR count). The summed E-state index contributed by atoms with van der Waals surface area (Å²) in [5.41, 5.74) is 6.15. The average molecular weight is 640 g/mol. The predicted octanol–water partition coefficient (Wildman–Crippen LogP) is 12.1. The van der Waals surface area contributed by atoms with Crippen molar-refractivity contribution in [1.82, 2.24) is 15.0 Å². The highest BCUT2D eigenvalue weighted by Gasteiger charge is 2.20. The van der Waals surface area contributed by atoms with Gasteiger partial charge in [-0.25, -0.2) is 15.0 Å². The minimum atomic E-state index is 0.594. The first-order chi connectivity index (χ1) is 24.8. The van der Waals surface area contributed by atoms with Crippen LogP contribution in [0.2, 0.25) is 0 Å². The molecule has 0 bridgehead atoms. The van der Waals surface area contributed by atoms with E-state index in [4.69, 9.17) is 23.8 Å². The summed E-state index contributed by atoms with van der Waals surface area (Å²) >= 11 is 0. The number of para-hydroxylation sites is 2. The quantitative estimate of drug-likeness (QED) is 0.180. The highest BCUT2D eigenvalue weighted by Crippen LogP contribution is 2.42. The van der Waals surface area contributed by atoms with Crippen LogP contribution in [-0.4, -0.2) is 15.0 Å². The molecule has 0 N–H and O–H groups in total. The van der Waals surface area contributed by atoms with Crippen molar-refractivity contribution < 1.29 is 8.83 Å². The maximum atomic E-state index is 6.47. The summed E-state index contributed by atoms with van der Waals surface area (Å²) in [4.78, 5) is 15.5. The van der Waals surface area contributed by atoms with Crippen LogP contribution >= 0.6 is 0 Å². The van der Waals surface area contributed by atoms with Gasteiger partial charge in [0.2, 0.25) is 0 Å². The van der Waals surface area contributed by atoms with Crippen molar-refractivity contribution in [3.8, 4) is 34.2 Å². The summed E-state index contributed by atoms with van der Waals surface area (Å²) < 4.78 is 12.7. The summed E-state index contributed by atoms with van der Waals surface area (Å²) in [6.45, 7) is 0. The molecule has 8 aromatic carbocycles. The van der Waals surface area contributed by atoms with Crippen LogP contribution < -0.4 is 0 Å². The zero-order valence-electron chi connectivity index (χ0n) is 26.6. The van der Waals surface area contributed by atoms with Gasteiger partial charge in [-0.2, -0.15) is 0 Å². The van der Waals surface area contributed by atoms with Gasteiger partial charge in [0.05, 0.1) is 0 Å². The molecule has 0 atom stereocenters. The van der Waals surface area contributed by atoms with E-state index in [0.717, 1.165) is 87.5 Å². The Balaban J connectivity index is 1.20. The lowest BCUT2D eigenvalue weighted by Gasteiger charge is -2.12. The van der Waals surface area contributed by atoms with Crippen LogP contribution in [0.5, 0.6) is 0 Å². The van der Waals surface area contributed by atoms with Crippen LogP contribution in [0.25, 0.3) is 110 Å². The van der Waals surface area contributed by atoms with E-state index in [1.165, 1.54) is 5.39 Å². The molecule has 0 aliphatic carbocycles. The molecular weight excluding hydrogens is 615 g/mol. The van der Waals surface area contributed by atoms with Gasteiger partial charge >= 0.3 is 0 Å². The molecule has 0 unspecified atom stereocenters. The first-order valence-electron chi connectivity index (χ1n) is 16.7. The molecule has 3 aromatic heterocycles. The van der Waals surface area contributed by atoms with Crippen LogP contribution in [0.1, 0.15) is 0 Å². The minimum absolute atomic E-state index is 0.594. The van der Waals surface area contributed by atoms with Gasteiger partial charge in [-0.05, 0) is 57.3 Å². The fraction of sp³-hybridized carbons (Fsp3) is 0. The largest absolute Gasteiger partial charge is 0.456 e. The third-order valence-corrected chi connectivity index (χ3v) is 9.89. The van der Waals surface area contributed by atoms with E-state index < -0.39 is 0 Å². The number of hydrogen-bond acceptors (Lipinski definition) is 5. The Hall–Kier alpha value is -6.85. The Morgan fingerprint density at radius 3 is 1.76 bits per heavy atom. The molecule has 232 valence electrons. The average Bonchev–Trinajstić information content (AvgIpc) is 3.77. The Morgan fingerprint density at radius 2 is 0.940 bits per heavy atom. The van der Waals surface area contributed by atoms with Gasteiger partial charge in [0, 0.05) is 43.6 Å². The van der Waals surface area contributed by atoms with E-state index in [1.54, 1.807) is 0 Å². The van der Waals surface area contributed by atoms with Gasteiger partial charge in [0.25, 0.3) is 0 Å². The molecule has 0 amide bonds. The third kappa shape index (κ3) is 3.98. The van der Waals surface area contributed by atoms with E-state index in [9.17, 15) is 0 Å². The zero-order chi connectivity index (χ0) is 32.8. The van der Waals surface area contributed by atoms with E-state index >= 15 is 0 Å². The second-order valence-corrected chi connectivity index (χ2v) is 12.8. The Morgan fingerprint density at radius 1 is 0.340 bits per heavy atom. The van der Waals surface area contributed by atoms with Gasteiger partial charge in [0.15, 0.2) is 17.5 Å². The van der Waals surface area contributed by atoms with E-state index in [-0.39, 0.29) is 0 Å². The van der Waals surface area contributed by atoms with Crippen LogP contribution in [0.15, 0.2) is 160 Å². The Bertz CT molecular complexity index is 3170. The molecule has 5 heteroatoms. The van der Waals surface area contributed by atoms with Crippen molar-refractivity contribution in [2.45, 2.75) is 0 Å². The van der Waals surface area contributed by atoms with E-state index in [0.29, 0.717) is 17.5 Å². The summed E-state index contributed by atoms with van der Waals surface area (Å²) in [6, 6.07) is 52.1. The Labute approximate surface area is 285 Å². The molecule has 5 nitrogen and oxygen atoms in total. The van der Waals surface area contributed by atoms with Gasteiger partial charge in [-0.15, -0.1) is 0 Å². The van der Waals surface area contributed by atoms with Crippen LogP contribution in [0.4, 0.5) is 0 Å². The van der Waals surface area contributed by atoms with Crippen LogP contribution in [0.3, 0.4) is 0 Å². The van der Waals surface area contributed by atoms with Crippen molar-refractivity contribution in [3.05, 3.63) is 152 Å². The second kappa shape index (κ2) is 10.3. The maximum Gasteiger partial charge on any atom is 0.164 e. The van der Waals surface area contributed by atoms with E-state index in [2.05, 4.69) is 109 Å². The summed E-state index contributed by atoms with van der Waals surface area (Å²) in [5.74, 6) is 1.81. The zero-order valence-corrected chi connectivity index (χ0v) is 26.6. The van der Waals surface area contributed by atoms with Crippen molar-refractivity contribution >= 4 is 76.2 Å². The van der Waals surface area contributed by atoms with Crippen molar-refractivity contribution in [1.29, 1.82) is 0 Å². The molecule has 0 radical (unpaired) electrons. The first kappa shape index (κ1) is 27.1. The van der Waals surface area contributed by atoms with Crippen LogP contribution in [0, 0.1) is 0 Å². The number of benzene rings is 8. The number of nitrogens with zero attached hydrogens (tertiary/aromatic N) is 3. The summed E-state index contributed by atoms with van der Waals surface area (Å²) in [6.07, 6.45) is 0. The fourth-order valence-corrected chi connectivity index (χ4v) is 7.59. The molecule has 3 heterocycles. The van der Waals surface area contributed by atoms with Crippen molar-refractivity contribution in [2.24, 2.45) is 0 Å². The molecule has 0 aliphatic rings. The SMILES string of the molecule is c1ccc2cc(-c3nc(-c4ccc5c(c4)c4ccccc4c4oc6ccccc6c54)nc(-c4cccc5oc6ccccc6c45)n3)ccc2c1. The second-order valence-electron chi connectivity index (χ2n) is 12.8. The highest BCUT2D eigenvalue weighted by atomic mass is 16.3. The molecule has 0 aliphatic heterocycles. The van der Waals surface area contributed by atoms with Crippen LogP contribution in [-0.2, 0) is 0 Å².